The van der Waals surface area contributed by atoms with Crippen molar-refractivity contribution in [1.82, 2.24) is 19.9 Å². The monoisotopic (exact) mass is 491 g/mol. The average molecular weight is 492 g/mol. The molecule has 4 N–H and O–H groups in total. The number of aromatic nitrogens is 3. The van der Waals surface area contributed by atoms with Crippen LogP contribution in [0.25, 0.3) is 33.2 Å². The van der Waals surface area contributed by atoms with Gasteiger partial charge in [0.15, 0.2) is 5.82 Å². The predicted molar refractivity (Wildman–Crippen MR) is 133 cm³/mol. The first-order chi connectivity index (χ1) is 17.4. The van der Waals surface area contributed by atoms with Crippen molar-refractivity contribution in [3.8, 4) is 11.4 Å². The molecule has 3 saturated heterocycles. The summed E-state index contributed by atoms with van der Waals surface area (Å²) in [5.74, 6) is -0.242. The molecule has 2 aromatic heterocycles. The number of halogens is 2. The molecular formula is C27H27F2N5O2. The van der Waals surface area contributed by atoms with Crippen molar-refractivity contribution in [2.24, 2.45) is 11.8 Å². The fraction of sp³-hybridized carbons (Fsp3) is 0.370. The van der Waals surface area contributed by atoms with Crippen LogP contribution in [-0.4, -0.2) is 50.6 Å². The summed E-state index contributed by atoms with van der Waals surface area (Å²) in [5.41, 5.74) is 8.89. The number of nitrogens with one attached hydrogen (secondary N) is 1. The number of benzene rings is 2. The van der Waals surface area contributed by atoms with Crippen LogP contribution in [-0.2, 0) is 4.79 Å². The van der Waals surface area contributed by atoms with Crippen molar-refractivity contribution in [1.29, 1.82) is 0 Å². The van der Waals surface area contributed by atoms with E-state index in [0.29, 0.717) is 34.4 Å². The number of carbonyl (C=O) groups is 1. The number of para-hydroxylation sites is 1. The predicted octanol–water partition coefficient (Wildman–Crippen LogP) is 4.93. The van der Waals surface area contributed by atoms with Crippen molar-refractivity contribution in [3.63, 3.8) is 0 Å². The lowest BCUT2D eigenvalue weighted by Gasteiger charge is -2.42. The lowest BCUT2D eigenvalue weighted by atomic mass is 9.79. The summed E-state index contributed by atoms with van der Waals surface area (Å²) in [7, 11) is 0. The molecule has 1 aliphatic carbocycles. The highest BCUT2D eigenvalue weighted by Crippen LogP contribution is 2.43. The number of hydrogen-bond acceptors (Lipinski definition) is 5. The third kappa shape index (κ3) is 4.07. The second-order valence-electron chi connectivity index (χ2n) is 10.0. The van der Waals surface area contributed by atoms with Gasteiger partial charge in [0.05, 0.1) is 17.0 Å². The molecule has 0 spiro atoms. The molecule has 4 aromatic rings. The molecule has 0 amide bonds. The third-order valence-corrected chi connectivity index (χ3v) is 7.72. The van der Waals surface area contributed by atoms with Crippen LogP contribution >= 0.6 is 0 Å². The Morgan fingerprint density at radius 1 is 1.08 bits per heavy atom. The number of fused-ring (bicyclic) bond motifs is 5. The van der Waals surface area contributed by atoms with E-state index in [1.54, 1.807) is 6.20 Å². The maximum atomic E-state index is 13.9. The number of piperidine rings is 3. The van der Waals surface area contributed by atoms with Gasteiger partial charge in [-0.15, -0.1) is 0 Å². The van der Waals surface area contributed by atoms with E-state index in [1.807, 2.05) is 12.1 Å². The smallest absolute Gasteiger partial charge is 0.308 e. The molecule has 4 aliphatic rings. The normalized spacial score (nSPS) is 23.0. The number of anilines is 1. The molecule has 4 fully saturated rings. The Morgan fingerprint density at radius 2 is 1.86 bits per heavy atom. The molecule has 1 unspecified atom stereocenters. The van der Waals surface area contributed by atoms with Crippen molar-refractivity contribution in [3.05, 3.63) is 53.7 Å². The van der Waals surface area contributed by atoms with Crippen LogP contribution in [0.1, 0.15) is 37.2 Å². The first kappa shape index (κ1) is 22.8. The van der Waals surface area contributed by atoms with E-state index >= 15 is 0 Å². The number of rotatable bonds is 3. The Kier molecular flexibility index (Phi) is 5.59. The molecule has 1 saturated carbocycles. The van der Waals surface area contributed by atoms with E-state index in [0.717, 1.165) is 67.9 Å². The van der Waals surface area contributed by atoms with Crippen molar-refractivity contribution < 1.29 is 18.7 Å². The Balaban J connectivity index is 0.000000183. The van der Waals surface area contributed by atoms with E-state index in [2.05, 4.69) is 20.9 Å². The standard InChI is InChI=1S/C19H14F2N4.C8H13NO2/c20-10-6-13-14(8-23-17(13)15(21)7-10)19-24-16-11(9-4-5-9)2-1-3-12(16)18(22)25-19;10-8(11)7-5-9-3-1-6(7)2-4-9/h1-3,6-9,23H,4-5H2,(H2,22,24,25);6-7H,1-5H2,(H,10,11). The number of hydrogen-bond donors (Lipinski definition) is 3. The zero-order valence-electron chi connectivity index (χ0n) is 19.7. The van der Waals surface area contributed by atoms with Gasteiger partial charge in [-0.2, -0.15) is 0 Å². The van der Waals surface area contributed by atoms with E-state index in [4.69, 9.17) is 15.8 Å². The zero-order chi connectivity index (χ0) is 25.0. The largest absolute Gasteiger partial charge is 0.481 e. The summed E-state index contributed by atoms with van der Waals surface area (Å²) in [6.07, 6.45) is 6.06. The van der Waals surface area contributed by atoms with Crippen molar-refractivity contribution in [2.45, 2.75) is 31.6 Å². The summed E-state index contributed by atoms with van der Waals surface area (Å²) in [5, 5.41) is 10.0. The Bertz CT molecular complexity index is 1470. The molecule has 9 heteroatoms. The number of carboxylic acids is 1. The minimum atomic E-state index is -0.645. The van der Waals surface area contributed by atoms with Crippen LogP contribution in [0.15, 0.2) is 36.5 Å². The Morgan fingerprint density at radius 3 is 2.50 bits per heavy atom. The van der Waals surface area contributed by atoms with Gasteiger partial charge in [0.2, 0.25) is 0 Å². The van der Waals surface area contributed by atoms with Gasteiger partial charge in [-0.25, -0.2) is 18.7 Å². The molecule has 0 radical (unpaired) electrons. The van der Waals surface area contributed by atoms with Gasteiger partial charge in [0.1, 0.15) is 17.5 Å². The zero-order valence-corrected chi connectivity index (χ0v) is 19.7. The second kappa shape index (κ2) is 8.81. The summed E-state index contributed by atoms with van der Waals surface area (Å²) in [6, 6.07) is 8.05. The van der Waals surface area contributed by atoms with E-state index < -0.39 is 17.6 Å². The number of nitrogens with zero attached hydrogens (tertiary/aromatic N) is 3. The molecule has 3 aliphatic heterocycles. The summed E-state index contributed by atoms with van der Waals surface area (Å²) in [6.45, 7) is 3.03. The molecule has 2 bridgehead atoms. The first-order valence-electron chi connectivity index (χ1n) is 12.4. The number of H-pyrrole nitrogens is 1. The maximum absolute atomic E-state index is 13.9. The first-order valence-corrected chi connectivity index (χ1v) is 12.4. The fourth-order valence-electron chi connectivity index (χ4n) is 5.63. The lowest BCUT2D eigenvalue weighted by Crippen LogP contribution is -2.49. The summed E-state index contributed by atoms with van der Waals surface area (Å²) >= 11 is 0. The molecule has 7 nitrogen and oxygen atoms in total. The van der Waals surface area contributed by atoms with E-state index in [9.17, 15) is 13.6 Å². The average Bonchev–Trinajstić information content (AvgIpc) is 3.63. The molecular weight excluding hydrogens is 464 g/mol. The van der Waals surface area contributed by atoms with Crippen molar-refractivity contribution in [2.75, 3.05) is 25.4 Å². The van der Waals surface area contributed by atoms with Crippen LogP contribution in [0.2, 0.25) is 0 Å². The highest BCUT2D eigenvalue weighted by Gasteiger charge is 2.38. The van der Waals surface area contributed by atoms with Crippen LogP contribution in [0.3, 0.4) is 0 Å². The van der Waals surface area contributed by atoms with E-state index in [1.165, 1.54) is 6.07 Å². The summed E-state index contributed by atoms with van der Waals surface area (Å²) in [4.78, 5) is 24.9. The van der Waals surface area contributed by atoms with Gasteiger partial charge in [0.25, 0.3) is 0 Å². The number of aliphatic carboxylic acids is 1. The number of carboxylic acid groups (broad SMARTS) is 1. The molecule has 36 heavy (non-hydrogen) atoms. The number of nitrogens with two attached hydrogens (primary N) is 1. The minimum absolute atomic E-state index is 0.0718. The molecule has 5 heterocycles. The van der Waals surface area contributed by atoms with Gasteiger partial charge < -0.3 is 20.7 Å². The van der Waals surface area contributed by atoms with E-state index in [-0.39, 0.29) is 11.4 Å². The van der Waals surface area contributed by atoms with Gasteiger partial charge >= 0.3 is 5.97 Å². The maximum Gasteiger partial charge on any atom is 0.308 e. The number of nitrogen functional groups attached to an aromatic ring is 1. The van der Waals surface area contributed by atoms with Gasteiger partial charge in [-0.3, -0.25) is 4.79 Å². The highest BCUT2D eigenvalue weighted by molar-refractivity contribution is 5.97. The molecule has 1 atom stereocenters. The molecule has 186 valence electrons. The topological polar surface area (TPSA) is 108 Å². The Hall–Kier alpha value is -3.59. The highest BCUT2D eigenvalue weighted by atomic mass is 19.1. The van der Waals surface area contributed by atoms with Gasteiger partial charge in [0, 0.05) is 35.1 Å². The van der Waals surface area contributed by atoms with Crippen LogP contribution in [0, 0.1) is 23.5 Å². The fourth-order valence-corrected chi connectivity index (χ4v) is 5.63. The molecule has 8 rings (SSSR count). The van der Waals surface area contributed by atoms with Crippen molar-refractivity contribution >= 4 is 33.6 Å². The lowest BCUT2D eigenvalue weighted by molar-refractivity contribution is -0.148. The van der Waals surface area contributed by atoms with Crippen LogP contribution < -0.4 is 5.73 Å². The van der Waals surface area contributed by atoms with Crippen LogP contribution in [0.4, 0.5) is 14.6 Å². The van der Waals surface area contributed by atoms with Gasteiger partial charge in [-0.05, 0) is 68.3 Å². The quantitative estimate of drug-likeness (QED) is 0.375. The SMILES string of the molecule is Nc1nc(-c2c[nH]c3c(F)cc(F)cc23)nc2c(C3CC3)cccc12.O=C(O)C1CN2CCC1CC2. The minimum Gasteiger partial charge on any atom is -0.481 e. The molecule has 2 aromatic carbocycles. The summed E-state index contributed by atoms with van der Waals surface area (Å²) < 4.78 is 27.6. The number of aromatic amines is 1. The van der Waals surface area contributed by atoms with Gasteiger partial charge in [-0.1, -0.05) is 12.1 Å². The third-order valence-electron chi connectivity index (χ3n) is 7.72. The Labute approximate surface area is 206 Å². The second-order valence-corrected chi connectivity index (χ2v) is 10.0. The van der Waals surface area contributed by atoms with Crippen LogP contribution in [0.5, 0.6) is 0 Å².